The highest BCUT2D eigenvalue weighted by Crippen LogP contribution is 2.23. The van der Waals surface area contributed by atoms with Crippen LogP contribution in [0, 0.1) is 0 Å². The van der Waals surface area contributed by atoms with E-state index in [-0.39, 0.29) is 29.9 Å². The molecule has 0 aliphatic heterocycles. The molecule has 0 aliphatic carbocycles. The number of halogens is 1. The maximum atomic E-state index is 12.1. The Morgan fingerprint density at radius 2 is 2.11 bits per heavy atom. The molecule has 0 atom stereocenters. The minimum absolute atomic E-state index is 0.138. The molecular formula is C12H15ClN2O3. The van der Waals surface area contributed by atoms with Gasteiger partial charge in [0.25, 0.3) is 5.91 Å². The summed E-state index contributed by atoms with van der Waals surface area (Å²) in [5, 5.41) is 0.229. The van der Waals surface area contributed by atoms with Gasteiger partial charge in [0.15, 0.2) is 0 Å². The summed E-state index contributed by atoms with van der Waals surface area (Å²) in [6, 6.07) is 4.87. The van der Waals surface area contributed by atoms with Crippen molar-refractivity contribution in [3.63, 3.8) is 0 Å². The van der Waals surface area contributed by atoms with Crippen molar-refractivity contribution < 1.29 is 14.3 Å². The van der Waals surface area contributed by atoms with Crippen molar-refractivity contribution in [2.75, 3.05) is 26.4 Å². The second-order valence-electron chi connectivity index (χ2n) is 3.76. The molecule has 0 saturated carbocycles. The minimum Gasteiger partial charge on any atom is -0.469 e. The van der Waals surface area contributed by atoms with Gasteiger partial charge in [-0.25, -0.2) is 0 Å². The third-order valence-corrected chi connectivity index (χ3v) is 2.91. The number of nitrogens with zero attached hydrogens (tertiary/aromatic N) is 1. The number of nitrogens with two attached hydrogens (primary N) is 1. The molecule has 0 aromatic heterocycles. The average Bonchev–Trinajstić information content (AvgIpc) is 2.37. The number of methoxy groups -OCH3 is 1. The first kappa shape index (κ1) is 14.3. The third-order valence-electron chi connectivity index (χ3n) is 2.48. The molecule has 0 saturated heterocycles. The smallest absolute Gasteiger partial charge is 0.307 e. The number of amides is 1. The van der Waals surface area contributed by atoms with Crippen molar-refractivity contribution in [2.24, 2.45) is 0 Å². The summed E-state index contributed by atoms with van der Waals surface area (Å²) in [5.74, 6) is -0.649. The predicted molar refractivity (Wildman–Crippen MR) is 69.5 cm³/mol. The van der Waals surface area contributed by atoms with Gasteiger partial charge in [0.05, 0.1) is 29.8 Å². The van der Waals surface area contributed by atoms with Gasteiger partial charge in [-0.3, -0.25) is 9.59 Å². The van der Waals surface area contributed by atoms with Crippen LogP contribution in [-0.4, -0.2) is 37.5 Å². The largest absolute Gasteiger partial charge is 0.469 e. The predicted octanol–water partition coefficient (Wildman–Crippen LogP) is 1.56. The second-order valence-corrected chi connectivity index (χ2v) is 4.14. The zero-order valence-corrected chi connectivity index (χ0v) is 11.0. The lowest BCUT2D eigenvalue weighted by Crippen LogP contribution is -2.29. The van der Waals surface area contributed by atoms with Crippen molar-refractivity contribution in [3.8, 4) is 0 Å². The number of ether oxygens (including phenoxy) is 1. The van der Waals surface area contributed by atoms with Crippen LogP contribution >= 0.6 is 11.6 Å². The van der Waals surface area contributed by atoms with Crippen LogP contribution in [0.1, 0.15) is 16.8 Å². The number of esters is 1. The van der Waals surface area contributed by atoms with Gasteiger partial charge in [-0.2, -0.15) is 0 Å². The summed E-state index contributed by atoms with van der Waals surface area (Å²) in [6.45, 7) is 0.261. The summed E-state index contributed by atoms with van der Waals surface area (Å²) < 4.78 is 4.51. The number of anilines is 1. The quantitative estimate of drug-likeness (QED) is 0.666. The van der Waals surface area contributed by atoms with E-state index in [1.54, 1.807) is 25.2 Å². The van der Waals surface area contributed by atoms with Crippen LogP contribution < -0.4 is 5.73 Å². The van der Waals surface area contributed by atoms with E-state index in [0.29, 0.717) is 11.3 Å². The molecule has 5 nitrogen and oxygen atoms in total. The molecule has 0 aliphatic rings. The monoisotopic (exact) mass is 270 g/mol. The molecule has 6 heteroatoms. The topological polar surface area (TPSA) is 72.6 Å². The van der Waals surface area contributed by atoms with Gasteiger partial charge in [0.2, 0.25) is 0 Å². The summed E-state index contributed by atoms with van der Waals surface area (Å²) in [6.07, 6.45) is 0.138. The van der Waals surface area contributed by atoms with Crippen LogP contribution in [0.25, 0.3) is 0 Å². The van der Waals surface area contributed by atoms with Gasteiger partial charge in [-0.05, 0) is 12.1 Å². The van der Waals surface area contributed by atoms with Crippen LogP contribution in [0.3, 0.4) is 0 Å². The fourth-order valence-electron chi connectivity index (χ4n) is 1.38. The molecule has 0 spiro atoms. The first-order valence-electron chi connectivity index (χ1n) is 5.33. The van der Waals surface area contributed by atoms with Crippen LogP contribution in [-0.2, 0) is 9.53 Å². The van der Waals surface area contributed by atoms with Crippen LogP contribution in [0.15, 0.2) is 18.2 Å². The highest BCUT2D eigenvalue weighted by Gasteiger charge is 2.17. The van der Waals surface area contributed by atoms with E-state index in [2.05, 4.69) is 4.74 Å². The number of benzene rings is 1. The van der Waals surface area contributed by atoms with Crippen LogP contribution in [0.5, 0.6) is 0 Å². The number of carbonyl (C=O) groups excluding carboxylic acids is 2. The Labute approximate surface area is 110 Å². The molecule has 1 aromatic carbocycles. The van der Waals surface area contributed by atoms with Gasteiger partial charge in [0.1, 0.15) is 0 Å². The Morgan fingerprint density at radius 1 is 1.44 bits per heavy atom. The van der Waals surface area contributed by atoms with E-state index in [0.717, 1.165) is 0 Å². The molecule has 1 rings (SSSR count). The average molecular weight is 271 g/mol. The summed E-state index contributed by atoms with van der Waals surface area (Å²) in [5.41, 5.74) is 6.30. The Kier molecular flexibility index (Phi) is 4.97. The lowest BCUT2D eigenvalue weighted by Gasteiger charge is -2.17. The Bertz CT molecular complexity index is 463. The van der Waals surface area contributed by atoms with E-state index in [9.17, 15) is 9.59 Å². The maximum absolute atomic E-state index is 12.1. The van der Waals surface area contributed by atoms with Crippen molar-refractivity contribution in [1.82, 2.24) is 4.90 Å². The molecule has 18 heavy (non-hydrogen) atoms. The molecule has 0 bridgehead atoms. The molecule has 1 aromatic rings. The van der Waals surface area contributed by atoms with Gasteiger partial charge in [0, 0.05) is 13.6 Å². The molecule has 1 amide bonds. The molecular weight excluding hydrogens is 256 g/mol. The molecule has 2 N–H and O–H groups in total. The van der Waals surface area contributed by atoms with E-state index in [1.807, 2.05) is 0 Å². The third kappa shape index (κ3) is 3.37. The normalized spacial score (nSPS) is 9.94. The van der Waals surface area contributed by atoms with E-state index in [1.165, 1.54) is 12.0 Å². The van der Waals surface area contributed by atoms with E-state index >= 15 is 0 Å². The van der Waals surface area contributed by atoms with Gasteiger partial charge in [-0.1, -0.05) is 17.7 Å². The zero-order valence-electron chi connectivity index (χ0n) is 10.3. The van der Waals surface area contributed by atoms with Crippen LogP contribution in [0.2, 0.25) is 5.02 Å². The first-order valence-corrected chi connectivity index (χ1v) is 5.71. The van der Waals surface area contributed by atoms with Gasteiger partial charge >= 0.3 is 5.97 Å². The van der Waals surface area contributed by atoms with Crippen molar-refractivity contribution in [1.29, 1.82) is 0 Å². The number of hydrogen-bond acceptors (Lipinski definition) is 4. The van der Waals surface area contributed by atoms with E-state index < -0.39 is 0 Å². The Hall–Kier alpha value is -1.75. The summed E-state index contributed by atoms with van der Waals surface area (Å²) >= 11 is 5.96. The molecule has 98 valence electrons. The fraction of sp³-hybridized carbons (Fsp3) is 0.333. The highest BCUT2D eigenvalue weighted by molar-refractivity contribution is 6.36. The zero-order chi connectivity index (χ0) is 13.7. The minimum atomic E-state index is -0.367. The lowest BCUT2D eigenvalue weighted by molar-refractivity contribution is -0.140. The van der Waals surface area contributed by atoms with Crippen molar-refractivity contribution >= 4 is 29.2 Å². The second kappa shape index (κ2) is 6.26. The van der Waals surface area contributed by atoms with E-state index in [4.69, 9.17) is 17.3 Å². The first-order chi connectivity index (χ1) is 8.47. The van der Waals surface area contributed by atoms with Crippen LogP contribution in [0.4, 0.5) is 5.69 Å². The molecule has 0 radical (unpaired) electrons. The van der Waals surface area contributed by atoms with Crippen molar-refractivity contribution in [3.05, 3.63) is 28.8 Å². The standard InChI is InChI=1S/C12H15ClN2O3/c1-15(7-6-10(16)18-2)12(17)8-4-3-5-9(14)11(8)13/h3-5H,6-7,14H2,1-2H3. The number of carbonyl (C=O) groups is 2. The molecule has 0 fully saturated rings. The number of hydrogen-bond donors (Lipinski definition) is 1. The summed E-state index contributed by atoms with van der Waals surface area (Å²) in [7, 11) is 2.89. The maximum Gasteiger partial charge on any atom is 0.307 e. The molecule has 0 unspecified atom stereocenters. The Balaban J connectivity index is 2.74. The van der Waals surface area contributed by atoms with Gasteiger partial charge < -0.3 is 15.4 Å². The Morgan fingerprint density at radius 3 is 2.72 bits per heavy atom. The van der Waals surface area contributed by atoms with Crippen molar-refractivity contribution in [2.45, 2.75) is 6.42 Å². The summed E-state index contributed by atoms with van der Waals surface area (Å²) in [4.78, 5) is 24.4. The number of nitrogen functional groups attached to an aromatic ring is 1. The molecule has 0 heterocycles. The number of rotatable bonds is 4. The van der Waals surface area contributed by atoms with Gasteiger partial charge in [-0.15, -0.1) is 0 Å². The lowest BCUT2D eigenvalue weighted by atomic mass is 10.1. The SMILES string of the molecule is COC(=O)CCN(C)C(=O)c1cccc(N)c1Cl. The fourth-order valence-corrected chi connectivity index (χ4v) is 1.59. The highest BCUT2D eigenvalue weighted by atomic mass is 35.5.